The maximum atomic E-state index is 13.3. The summed E-state index contributed by atoms with van der Waals surface area (Å²) in [5.74, 6) is 0.333. The van der Waals surface area contributed by atoms with Crippen molar-refractivity contribution in [1.29, 1.82) is 0 Å². The number of fused-ring (bicyclic) bond motifs is 1. The molecule has 0 radical (unpaired) electrons. The Morgan fingerprint density at radius 3 is 2.54 bits per heavy atom. The lowest BCUT2D eigenvalue weighted by Gasteiger charge is -2.34. The summed E-state index contributed by atoms with van der Waals surface area (Å²) in [6, 6.07) is 14.5. The van der Waals surface area contributed by atoms with Gasteiger partial charge >= 0.3 is 0 Å². The molecule has 0 atom stereocenters. The molecule has 0 N–H and O–H groups in total. The molecule has 1 saturated heterocycles. The fourth-order valence-corrected chi connectivity index (χ4v) is 3.96. The smallest absolute Gasteiger partial charge is 0.226 e. The molecular formula is C23H30N2O3. The van der Waals surface area contributed by atoms with Crippen LogP contribution in [0.3, 0.4) is 0 Å². The number of hydrogen-bond acceptors (Lipinski definition) is 3. The highest BCUT2D eigenvalue weighted by molar-refractivity contribution is 5.86. The molecular weight excluding hydrogens is 352 g/mol. The van der Waals surface area contributed by atoms with Crippen molar-refractivity contribution in [3.8, 4) is 0 Å². The van der Waals surface area contributed by atoms with E-state index in [9.17, 15) is 9.59 Å². The Morgan fingerprint density at radius 2 is 1.82 bits per heavy atom. The second-order valence-electron chi connectivity index (χ2n) is 7.40. The summed E-state index contributed by atoms with van der Waals surface area (Å²) >= 11 is 0. The quantitative estimate of drug-likeness (QED) is 0.737. The lowest BCUT2D eigenvalue weighted by molar-refractivity contribution is -0.141. The number of likely N-dealkylation sites (tertiary alicyclic amines) is 1. The minimum Gasteiger partial charge on any atom is -0.383 e. The topological polar surface area (TPSA) is 49.9 Å². The van der Waals surface area contributed by atoms with Gasteiger partial charge in [0.15, 0.2) is 0 Å². The molecule has 5 heteroatoms. The molecule has 5 nitrogen and oxygen atoms in total. The van der Waals surface area contributed by atoms with Crippen molar-refractivity contribution in [3.63, 3.8) is 0 Å². The van der Waals surface area contributed by atoms with Crippen LogP contribution in [-0.4, -0.2) is 55.0 Å². The van der Waals surface area contributed by atoms with Gasteiger partial charge in [0.25, 0.3) is 0 Å². The first-order chi connectivity index (χ1) is 13.6. The standard InChI is InChI=1S/C23H30N2O3/c1-3-22(26)24-13-11-19(12-14-24)23(27)25(15-16-28-2)17-20-9-6-8-18-7-4-5-10-21(18)20/h4-10,19H,3,11-17H2,1-2H3. The molecule has 3 rings (SSSR count). The second kappa shape index (κ2) is 9.69. The van der Waals surface area contributed by atoms with Crippen LogP contribution in [0.4, 0.5) is 0 Å². The Morgan fingerprint density at radius 1 is 1.11 bits per heavy atom. The van der Waals surface area contributed by atoms with Gasteiger partial charge in [0.1, 0.15) is 0 Å². The zero-order chi connectivity index (χ0) is 19.9. The first-order valence-electron chi connectivity index (χ1n) is 10.2. The predicted octanol–water partition coefficient (Wildman–Crippen LogP) is 3.46. The summed E-state index contributed by atoms with van der Waals surface area (Å²) in [4.78, 5) is 29.0. The maximum Gasteiger partial charge on any atom is 0.226 e. The van der Waals surface area contributed by atoms with Crippen molar-refractivity contribution < 1.29 is 14.3 Å². The Bertz CT molecular complexity index is 807. The third-order valence-electron chi connectivity index (χ3n) is 5.62. The van der Waals surface area contributed by atoms with Gasteiger partial charge in [-0.15, -0.1) is 0 Å². The van der Waals surface area contributed by atoms with Gasteiger partial charge in [-0.1, -0.05) is 49.4 Å². The summed E-state index contributed by atoms with van der Waals surface area (Å²) in [6.45, 7) is 4.91. The van der Waals surface area contributed by atoms with E-state index in [2.05, 4.69) is 24.3 Å². The monoisotopic (exact) mass is 382 g/mol. The highest BCUT2D eigenvalue weighted by Gasteiger charge is 2.30. The van der Waals surface area contributed by atoms with Crippen molar-refractivity contribution >= 4 is 22.6 Å². The highest BCUT2D eigenvalue weighted by atomic mass is 16.5. The molecule has 28 heavy (non-hydrogen) atoms. The fraction of sp³-hybridized carbons (Fsp3) is 0.478. The Hall–Kier alpha value is -2.40. The average molecular weight is 383 g/mol. The van der Waals surface area contributed by atoms with Gasteiger partial charge in [0, 0.05) is 45.6 Å². The van der Waals surface area contributed by atoms with Crippen molar-refractivity contribution in [1.82, 2.24) is 9.80 Å². The van der Waals surface area contributed by atoms with Gasteiger partial charge in [0.2, 0.25) is 11.8 Å². The fourth-order valence-electron chi connectivity index (χ4n) is 3.96. The molecule has 0 saturated carbocycles. The van der Waals surface area contributed by atoms with Crippen LogP contribution >= 0.6 is 0 Å². The summed E-state index contributed by atoms with van der Waals surface area (Å²) in [5, 5.41) is 2.37. The summed E-state index contributed by atoms with van der Waals surface area (Å²) < 4.78 is 5.25. The second-order valence-corrected chi connectivity index (χ2v) is 7.40. The number of benzene rings is 2. The van der Waals surface area contributed by atoms with Crippen LogP contribution in [-0.2, 0) is 20.9 Å². The molecule has 0 bridgehead atoms. The number of piperidine rings is 1. The van der Waals surface area contributed by atoms with E-state index in [1.165, 1.54) is 10.8 Å². The zero-order valence-corrected chi connectivity index (χ0v) is 16.9. The number of ether oxygens (including phenoxy) is 1. The molecule has 2 aromatic carbocycles. The van der Waals surface area contributed by atoms with Crippen molar-refractivity contribution in [2.45, 2.75) is 32.7 Å². The van der Waals surface area contributed by atoms with E-state index in [0.717, 1.165) is 18.4 Å². The summed E-state index contributed by atoms with van der Waals surface area (Å²) in [7, 11) is 1.66. The number of rotatable bonds is 7. The maximum absolute atomic E-state index is 13.3. The minimum absolute atomic E-state index is 0.0206. The van der Waals surface area contributed by atoms with Crippen molar-refractivity contribution in [2.24, 2.45) is 5.92 Å². The first-order valence-corrected chi connectivity index (χ1v) is 10.2. The normalized spacial score (nSPS) is 15.0. The molecule has 0 unspecified atom stereocenters. The van der Waals surface area contributed by atoms with E-state index >= 15 is 0 Å². The molecule has 0 spiro atoms. The van der Waals surface area contributed by atoms with Crippen LogP contribution in [0, 0.1) is 5.92 Å². The van der Waals surface area contributed by atoms with Crippen molar-refractivity contribution in [2.75, 3.05) is 33.4 Å². The van der Waals surface area contributed by atoms with Gasteiger partial charge < -0.3 is 14.5 Å². The van der Waals surface area contributed by atoms with E-state index in [-0.39, 0.29) is 17.7 Å². The molecule has 150 valence electrons. The number of hydrogen-bond donors (Lipinski definition) is 0. The van der Waals surface area contributed by atoms with Crippen molar-refractivity contribution in [3.05, 3.63) is 48.0 Å². The molecule has 0 aromatic heterocycles. The molecule has 1 aliphatic rings. The highest BCUT2D eigenvalue weighted by Crippen LogP contribution is 2.24. The summed E-state index contributed by atoms with van der Waals surface area (Å²) in [6.07, 6.45) is 2.01. The predicted molar refractivity (Wildman–Crippen MR) is 111 cm³/mol. The van der Waals surface area contributed by atoms with Crippen LogP contribution < -0.4 is 0 Å². The SMILES string of the molecule is CCC(=O)N1CCC(C(=O)N(CCOC)Cc2cccc3ccccc23)CC1. The molecule has 2 aromatic rings. The van der Waals surface area contributed by atoms with E-state index in [4.69, 9.17) is 4.74 Å². The Balaban J connectivity index is 1.73. The van der Waals surface area contributed by atoms with E-state index in [1.807, 2.05) is 34.9 Å². The van der Waals surface area contributed by atoms with Gasteiger partial charge in [-0.2, -0.15) is 0 Å². The van der Waals surface area contributed by atoms with Crippen LogP contribution in [0.15, 0.2) is 42.5 Å². The van der Waals surface area contributed by atoms with Crippen LogP contribution in [0.2, 0.25) is 0 Å². The average Bonchev–Trinajstić information content (AvgIpc) is 2.75. The minimum atomic E-state index is -0.0206. The molecule has 1 fully saturated rings. The zero-order valence-electron chi connectivity index (χ0n) is 16.9. The Labute approximate surface area is 167 Å². The third-order valence-corrected chi connectivity index (χ3v) is 5.62. The van der Waals surface area contributed by atoms with Gasteiger partial charge in [-0.25, -0.2) is 0 Å². The van der Waals surface area contributed by atoms with Gasteiger partial charge in [0.05, 0.1) is 6.61 Å². The number of nitrogens with zero attached hydrogens (tertiary/aromatic N) is 2. The lowest BCUT2D eigenvalue weighted by Crippen LogP contribution is -2.44. The van der Waals surface area contributed by atoms with Gasteiger partial charge in [-0.3, -0.25) is 9.59 Å². The third kappa shape index (κ3) is 4.71. The van der Waals surface area contributed by atoms with Crippen LogP contribution in [0.5, 0.6) is 0 Å². The van der Waals surface area contributed by atoms with Crippen LogP contribution in [0.25, 0.3) is 10.8 Å². The largest absolute Gasteiger partial charge is 0.383 e. The molecule has 2 amide bonds. The molecule has 0 aliphatic carbocycles. The van der Waals surface area contributed by atoms with Gasteiger partial charge in [-0.05, 0) is 29.2 Å². The first kappa shape index (κ1) is 20.3. The lowest BCUT2D eigenvalue weighted by atomic mass is 9.94. The molecule has 1 aliphatic heterocycles. The Kier molecular flexibility index (Phi) is 7.04. The van der Waals surface area contributed by atoms with E-state index in [1.54, 1.807) is 7.11 Å². The number of amides is 2. The van der Waals surface area contributed by atoms with Crippen LogP contribution in [0.1, 0.15) is 31.7 Å². The van der Waals surface area contributed by atoms with E-state index < -0.39 is 0 Å². The van der Waals surface area contributed by atoms with E-state index in [0.29, 0.717) is 39.2 Å². The number of carbonyl (C=O) groups is 2. The summed E-state index contributed by atoms with van der Waals surface area (Å²) in [5.41, 5.74) is 1.15. The molecule has 1 heterocycles. The number of carbonyl (C=O) groups excluding carboxylic acids is 2. The number of methoxy groups -OCH3 is 1.